The molecular weight excluding hydrogens is 250 g/mol. The van der Waals surface area contributed by atoms with Gasteiger partial charge in [0.05, 0.1) is 6.10 Å². The molecule has 0 saturated carbocycles. The molecule has 1 aromatic rings. The van der Waals surface area contributed by atoms with Gasteiger partial charge in [-0.3, -0.25) is 0 Å². The molecule has 5 heteroatoms. The van der Waals surface area contributed by atoms with Crippen LogP contribution in [0.1, 0.15) is 24.8 Å². The van der Waals surface area contributed by atoms with E-state index in [9.17, 15) is 8.78 Å². The second-order valence-electron chi connectivity index (χ2n) is 4.98. The highest BCUT2D eigenvalue weighted by atomic mass is 19.1. The molecule has 1 aliphatic heterocycles. The second kappa shape index (κ2) is 6.30. The number of likely N-dealkylation sites (N-methyl/N-ethyl adjacent to an activating group) is 1. The van der Waals surface area contributed by atoms with Crippen LogP contribution in [-0.2, 0) is 11.3 Å². The van der Waals surface area contributed by atoms with E-state index in [0.717, 1.165) is 25.9 Å². The molecular formula is C14H20F2N2O. The van der Waals surface area contributed by atoms with E-state index in [1.165, 1.54) is 12.1 Å². The van der Waals surface area contributed by atoms with Gasteiger partial charge in [-0.2, -0.15) is 0 Å². The molecule has 1 fully saturated rings. The normalized spacial score (nSPS) is 19.5. The van der Waals surface area contributed by atoms with Crippen LogP contribution in [0.3, 0.4) is 0 Å². The molecule has 2 N–H and O–H groups in total. The van der Waals surface area contributed by atoms with E-state index in [0.29, 0.717) is 12.1 Å². The molecule has 0 radical (unpaired) electrons. The Hall–Kier alpha value is -1.20. The number of nitrogens with two attached hydrogens (primary N) is 1. The molecule has 1 atom stereocenters. The van der Waals surface area contributed by atoms with Crippen LogP contribution in [0, 0.1) is 11.6 Å². The number of ether oxygens (including phenoxy) is 1. The fourth-order valence-electron chi connectivity index (χ4n) is 2.45. The van der Waals surface area contributed by atoms with Crippen LogP contribution < -0.4 is 10.6 Å². The van der Waals surface area contributed by atoms with Gasteiger partial charge in [0.15, 0.2) is 0 Å². The first-order valence-electron chi connectivity index (χ1n) is 6.62. The summed E-state index contributed by atoms with van der Waals surface area (Å²) in [4.78, 5) is 1.58. The van der Waals surface area contributed by atoms with Crippen LogP contribution in [0.15, 0.2) is 12.1 Å². The smallest absolute Gasteiger partial charge is 0.149 e. The highest BCUT2D eigenvalue weighted by Crippen LogP contribution is 2.25. The summed E-state index contributed by atoms with van der Waals surface area (Å²) in [6.07, 6.45) is 3.16. The molecule has 1 heterocycles. The van der Waals surface area contributed by atoms with Crippen LogP contribution in [0.2, 0.25) is 0 Å². The first-order chi connectivity index (χ1) is 9.11. The minimum atomic E-state index is -0.571. The Kier molecular flexibility index (Phi) is 4.71. The van der Waals surface area contributed by atoms with Crippen LogP contribution in [0.25, 0.3) is 0 Å². The zero-order valence-electron chi connectivity index (χ0n) is 11.2. The first-order valence-corrected chi connectivity index (χ1v) is 6.62. The molecule has 0 bridgehead atoms. The Labute approximate surface area is 112 Å². The van der Waals surface area contributed by atoms with Crippen molar-refractivity contribution in [3.05, 3.63) is 29.3 Å². The molecule has 0 aromatic heterocycles. The summed E-state index contributed by atoms with van der Waals surface area (Å²) < 4.78 is 33.4. The van der Waals surface area contributed by atoms with Gasteiger partial charge >= 0.3 is 0 Å². The predicted molar refractivity (Wildman–Crippen MR) is 71.1 cm³/mol. The van der Waals surface area contributed by atoms with Gasteiger partial charge in [-0.05, 0) is 37.0 Å². The maximum atomic E-state index is 13.9. The van der Waals surface area contributed by atoms with E-state index in [-0.39, 0.29) is 18.3 Å². The van der Waals surface area contributed by atoms with Crippen LogP contribution in [-0.4, -0.2) is 26.3 Å². The third kappa shape index (κ3) is 3.42. The van der Waals surface area contributed by atoms with Crippen molar-refractivity contribution < 1.29 is 13.5 Å². The Morgan fingerprint density at radius 1 is 1.32 bits per heavy atom. The van der Waals surface area contributed by atoms with Crippen molar-refractivity contribution in [3.63, 3.8) is 0 Å². The van der Waals surface area contributed by atoms with Gasteiger partial charge in [0, 0.05) is 26.7 Å². The van der Waals surface area contributed by atoms with Crippen molar-refractivity contribution in [2.75, 3.05) is 25.1 Å². The van der Waals surface area contributed by atoms with E-state index in [4.69, 9.17) is 10.5 Å². The average Bonchev–Trinajstić information content (AvgIpc) is 2.38. The molecule has 1 aliphatic rings. The fourth-order valence-corrected chi connectivity index (χ4v) is 2.45. The molecule has 1 saturated heterocycles. The van der Waals surface area contributed by atoms with Crippen LogP contribution >= 0.6 is 0 Å². The van der Waals surface area contributed by atoms with Crippen molar-refractivity contribution in [1.29, 1.82) is 0 Å². The summed E-state index contributed by atoms with van der Waals surface area (Å²) >= 11 is 0. The highest BCUT2D eigenvalue weighted by molar-refractivity contribution is 5.50. The fraction of sp³-hybridized carbons (Fsp3) is 0.571. The highest BCUT2D eigenvalue weighted by Gasteiger charge is 2.20. The van der Waals surface area contributed by atoms with Crippen molar-refractivity contribution in [1.82, 2.24) is 0 Å². The van der Waals surface area contributed by atoms with E-state index in [1.54, 1.807) is 11.9 Å². The SMILES string of the molecule is CN(CC1CCCCO1)c1c(F)cc(CN)cc1F. The largest absolute Gasteiger partial charge is 0.376 e. The van der Waals surface area contributed by atoms with E-state index in [1.807, 2.05) is 0 Å². The standard InChI is InChI=1S/C14H20F2N2O/c1-18(9-11-4-2-3-5-19-11)14-12(15)6-10(8-17)7-13(14)16/h6-7,11H,2-5,8-9,17H2,1H3. The Balaban J connectivity index is 2.11. The van der Waals surface area contributed by atoms with Crippen LogP contribution in [0.5, 0.6) is 0 Å². The number of halogens is 2. The van der Waals surface area contributed by atoms with Gasteiger partial charge in [0.25, 0.3) is 0 Å². The minimum absolute atomic E-state index is 0.00799. The quantitative estimate of drug-likeness (QED) is 0.913. The number of nitrogens with zero attached hydrogens (tertiary/aromatic N) is 1. The predicted octanol–water partition coefficient (Wildman–Crippen LogP) is 2.43. The molecule has 1 aromatic carbocycles. The third-order valence-electron chi connectivity index (χ3n) is 3.45. The molecule has 19 heavy (non-hydrogen) atoms. The zero-order valence-corrected chi connectivity index (χ0v) is 11.2. The number of hydrogen-bond donors (Lipinski definition) is 1. The Morgan fingerprint density at radius 2 is 2.00 bits per heavy atom. The number of benzene rings is 1. The minimum Gasteiger partial charge on any atom is -0.376 e. The lowest BCUT2D eigenvalue weighted by molar-refractivity contribution is 0.0215. The topological polar surface area (TPSA) is 38.5 Å². The van der Waals surface area contributed by atoms with E-state index < -0.39 is 11.6 Å². The number of hydrogen-bond acceptors (Lipinski definition) is 3. The van der Waals surface area contributed by atoms with Gasteiger partial charge in [0.1, 0.15) is 17.3 Å². The molecule has 106 valence electrons. The first kappa shape index (κ1) is 14.2. The van der Waals surface area contributed by atoms with E-state index >= 15 is 0 Å². The van der Waals surface area contributed by atoms with Gasteiger partial charge in [-0.15, -0.1) is 0 Å². The number of anilines is 1. The lowest BCUT2D eigenvalue weighted by Gasteiger charge is -2.29. The van der Waals surface area contributed by atoms with Crippen LogP contribution in [0.4, 0.5) is 14.5 Å². The monoisotopic (exact) mass is 270 g/mol. The number of rotatable bonds is 4. The van der Waals surface area contributed by atoms with Crippen molar-refractivity contribution >= 4 is 5.69 Å². The summed E-state index contributed by atoms with van der Waals surface area (Å²) in [7, 11) is 1.68. The maximum absolute atomic E-state index is 13.9. The van der Waals surface area contributed by atoms with Crippen molar-refractivity contribution in [2.45, 2.75) is 31.9 Å². The van der Waals surface area contributed by atoms with Gasteiger partial charge < -0.3 is 15.4 Å². The van der Waals surface area contributed by atoms with Gasteiger partial charge in [0.2, 0.25) is 0 Å². The maximum Gasteiger partial charge on any atom is 0.149 e. The molecule has 2 rings (SSSR count). The molecule has 0 spiro atoms. The lowest BCUT2D eigenvalue weighted by atomic mass is 10.1. The molecule has 0 amide bonds. The third-order valence-corrected chi connectivity index (χ3v) is 3.45. The summed E-state index contributed by atoms with van der Waals surface area (Å²) in [5, 5.41) is 0. The molecule has 0 aliphatic carbocycles. The summed E-state index contributed by atoms with van der Waals surface area (Å²) in [5.74, 6) is -1.14. The summed E-state index contributed by atoms with van der Waals surface area (Å²) in [6.45, 7) is 1.36. The van der Waals surface area contributed by atoms with Crippen molar-refractivity contribution in [3.8, 4) is 0 Å². The van der Waals surface area contributed by atoms with Gasteiger partial charge in [-0.1, -0.05) is 0 Å². The molecule has 3 nitrogen and oxygen atoms in total. The Bertz CT molecular complexity index is 410. The Morgan fingerprint density at radius 3 is 2.53 bits per heavy atom. The average molecular weight is 270 g/mol. The zero-order chi connectivity index (χ0) is 13.8. The summed E-state index contributed by atoms with van der Waals surface area (Å²) in [5.41, 5.74) is 5.85. The van der Waals surface area contributed by atoms with Gasteiger partial charge in [-0.25, -0.2) is 8.78 Å². The van der Waals surface area contributed by atoms with Crippen molar-refractivity contribution in [2.24, 2.45) is 5.73 Å². The van der Waals surface area contributed by atoms with E-state index in [2.05, 4.69) is 0 Å². The second-order valence-corrected chi connectivity index (χ2v) is 4.98. The summed E-state index contributed by atoms with van der Waals surface area (Å²) in [6, 6.07) is 2.58. The molecule has 1 unspecified atom stereocenters. The lowest BCUT2D eigenvalue weighted by Crippen LogP contribution is -2.34.